The summed E-state index contributed by atoms with van der Waals surface area (Å²) in [6.07, 6.45) is 0.647. The van der Waals surface area contributed by atoms with Gasteiger partial charge in [-0.15, -0.1) is 0 Å². The summed E-state index contributed by atoms with van der Waals surface area (Å²) in [7, 11) is 1.80. The first-order chi connectivity index (χ1) is 14.1. The molecule has 0 N–H and O–H groups in total. The van der Waals surface area contributed by atoms with Gasteiger partial charge in [-0.05, 0) is 55.7 Å². The normalized spacial score (nSPS) is 12.8. The molecule has 0 aliphatic carbocycles. The minimum atomic E-state index is -0.523. The summed E-state index contributed by atoms with van der Waals surface area (Å²) < 4.78 is 1.68. The zero-order valence-electron chi connectivity index (χ0n) is 19.0. The number of amides is 1. The Balaban J connectivity index is 2.32. The number of hydrogen-bond acceptors (Lipinski definition) is 3. The van der Waals surface area contributed by atoms with E-state index in [1.807, 2.05) is 77.9 Å². The Labute approximate surface area is 178 Å². The Morgan fingerprint density at radius 3 is 2.37 bits per heavy atom. The molecular formula is C25H31N3O2. The average molecular weight is 406 g/mol. The zero-order chi connectivity index (χ0) is 22.2. The molecule has 158 valence electrons. The predicted octanol–water partition coefficient (Wildman–Crippen LogP) is 4.96. The van der Waals surface area contributed by atoms with E-state index in [1.54, 1.807) is 22.6 Å². The standard InChI is InChI=1S/C25H31N3O2/c1-8-21(27(7)24(30)25(4,5)6)22-26-20-12-10-9-11-19(20)23(29)28(22)18-14-13-16(2)17(3)15-18/h9-15,21H,8H2,1-7H3. The Hall–Kier alpha value is -2.95. The number of para-hydroxylation sites is 1. The highest BCUT2D eigenvalue weighted by Gasteiger charge is 2.32. The van der Waals surface area contributed by atoms with E-state index in [9.17, 15) is 9.59 Å². The average Bonchev–Trinajstić information content (AvgIpc) is 2.69. The third-order valence-electron chi connectivity index (χ3n) is 5.66. The molecule has 0 bridgehead atoms. The number of aromatic nitrogens is 2. The van der Waals surface area contributed by atoms with Crippen LogP contribution in [0.1, 0.15) is 57.1 Å². The van der Waals surface area contributed by atoms with Gasteiger partial charge in [0.05, 0.1) is 22.6 Å². The topological polar surface area (TPSA) is 55.2 Å². The van der Waals surface area contributed by atoms with E-state index in [0.717, 1.165) is 16.8 Å². The van der Waals surface area contributed by atoms with Crippen LogP contribution in [-0.4, -0.2) is 27.4 Å². The fourth-order valence-electron chi connectivity index (χ4n) is 3.79. The van der Waals surface area contributed by atoms with Gasteiger partial charge in [0, 0.05) is 12.5 Å². The van der Waals surface area contributed by atoms with Crippen LogP contribution in [0.5, 0.6) is 0 Å². The van der Waals surface area contributed by atoms with E-state index in [2.05, 4.69) is 0 Å². The number of aryl methyl sites for hydroxylation is 2. The van der Waals surface area contributed by atoms with E-state index < -0.39 is 5.41 Å². The molecule has 5 nitrogen and oxygen atoms in total. The first-order valence-corrected chi connectivity index (χ1v) is 10.4. The molecule has 0 spiro atoms. The summed E-state index contributed by atoms with van der Waals surface area (Å²) in [6, 6.07) is 13.0. The van der Waals surface area contributed by atoms with Gasteiger partial charge in [-0.25, -0.2) is 4.98 Å². The third-order valence-corrected chi connectivity index (χ3v) is 5.66. The van der Waals surface area contributed by atoms with Crippen molar-refractivity contribution in [2.24, 2.45) is 5.41 Å². The van der Waals surface area contributed by atoms with Crippen molar-refractivity contribution in [1.82, 2.24) is 14.5 Å². The molecule has 1 heterocycles. The molecule has 0 aliphatic rings. The molecule has 0 radical (unpaired) electrons. The fourth-order valence-corrected chi connectivity index (χ4v) is 3.79. The van der Waals surface area contributed by atoms with Crippen LogP contribution in [0, 0.1) is 19.3 Å². The van der Waals surface area contributed by atoms with E-state index in [1.165, 1.54) is 0 Å². The molecule has 0 aliphatic heterocycles. The van der Waals surface area contributed by atoms with Crippen molar-refractivity contribution in [3.05, 3.63) is 69.8 Å². The van der Waals surface area contributed by atoms with E-state index in [0.29, 0.717) is 23.1 Å². The number of rotatable bonds is 4. The molecule has 1 aromatic heterocycles. The molecule has 0 saturated heterocycles. The van der Waals surface area contributed by atoms with Crippen LogP contribution in [0.15, 0.2) is 47.3 Å². The van der Waals surface area contributed by atoms with Gasteiger partial charge in [-0.1, -0.05) is 45.9 Å². The maximum Gasteiger partial charge on any atom is 0.266 e. The molecular weight excluding hydrogens is 374 g/mol. The van der Waals surface area contributed by atoms with Crippen molar-refractivity contribution in [2.75, 3.05) is 7.05 Å². The van der Waals surface area contributed by atoms with Gasteiger partial charge in [-0.3, -0.25) is 14.2 Å². The zero-order valence-corrected chi connectivity index (χ0v) is 19.0. The molecule has 3 rings (SSSR count). The molecule has 0 fully saturated rings. The van der Waals surface area contributed by atoms with Gasteiger partial charge in [0.2, 0.25) is 5.91 Å². The molecule has 1 unspecified atom stereocenters. The maximum atomic E-state index is 13.6. The number of nitrogens with zero attached hydrogens (tertiary/aromatic N) is 3. The Bertz CT molecular complexity index is 1160. The summed E-state index contributed by atoms with van der Waals surface area (Å²) in [4.78, 5) is 33.2. The van der Waals surface area contributed by atoms with Crippen molar-refractivity contribution in [1.29, 1.82) is 0 Å². The third kappa shape index (κ3) is 3.89. The van der Waals surface area contributed by atoms with Crippen molar-refractivity contribution in [2.45, 2.75) is 54.0 Å². The molecule has 3 aromatic rings. The Morgan fingerprint density at radius 1 is 1.10 bits per heavy atom. The number of carbonyl (C=O) groups excluding carboxylic acids is 1. The van der Waals surface area contributed by atoms with Gasteiger partial charge in [0.1, 0.15) is 5.82 Å². The number of hydrogen-bond donors (Lipinski definition) is 0. The van der Waals surface area contributed by atoms with Crippen molar-refractivity contribution in [3.8, 4) is 5.69 Å². The summed E-state index contributed by atoms with van der Waals surface area (Å²) in [6.45, 7) is 11.8. The van der Waals surface area contributed by atoms with Gasteiger partial charge >= 0.3 is 0 Å². The monoisotopic (exact) mass is 405 g/mol. The van der Waals surface area contributed by atoms with Gasteiger partial charge in [-0.2, -0.15) is 0 Å². The van der Waals surface area contributed by atoms with Crippen LogP contribution < -0.4 is 5.56 Å². The number of carbonyl (C=O) groups is 1. The smallest absolute Gasteiger partial charge is 0.266 e. The highest BCUT2D eigenvalue weighted by molar-refractivity contribution is 5.82. The van der Waals surface area contributed by atoms with Gasteiger partial charge < -0.3 is 4.90 Å². The Kier molecular flexibility index (Phi) is 5.84. The first-order valence-electron chi connectivity index (χ1n) is 10.4. The van der Waals surface area contributed by atoms with E-state index in [-0.39, 0.29) is 17.5 Å². The van der Waals surface area contributed by atoms with Crippen LogP contribution in [0.2, 0.25) is 0 Å². The highest BCUT2D eigenvalue weighted by Crippen LogP contribution is 2.29. The SMILES string of the molecule is CCC(c1nc2ccccc2c(=O)n1-c1ccc(C)c(C)c1)N(C)C(=O)C(C)(C)C. The summed E-state index contributed by atoms with van der Waals surface area (Å²) in [5, 5.41) is 0.569. The second-order valence-corrected chi connectivity index (χ2v) is 8.99. The lowest BCUT2D eigenvalue weighted by Gasteiger charge is -2.33. The molecule has 2 aromatic carbocycles. The van der Waals surface area contributed by atoms with Gasteiger partial charge in [0.25, 0.3) is 5.56 Å². The molecule has 1 atom stereocenters. The fraction of sp³-hybridized carbons (Fsp3) is 0.400. The van der Waals surface area contributed by atoms with E-state index >= 15 is 0 Å². The van der Waals surface area contributed by atoms with Crippen LogP contribution in [0.3, 0.4) is 0 Å². The highest BCUT2D eigenvalue weighted by atomic mass is 16.2. The number of fused-ring (bicyclic) bond motifs is 1. The largest absolute Gasteiger partial charge is 0.335 e. The summed E-state index contributed by atoms with van der Waals surface area (Å²) >= 11 is 0. The molecule has 30 heavy (non-hydrogen) atoms. The number of benzene rings is 2. The predicted molar refractivity (Wildman–Crippen MR) is 122 cm³/mol. The lowest BCUT2D eigenvalue weighted by atomic mass is 9.93. The van der Waals surface area contributed by atoms with Crippen molar-refractivity contribution in [3.63, 3.8) is 0 Å². The van der Waals surface area contributed by atoms with Crippen molar-refractivity contribution >= 4 is 16.8 Å². The quantitative estimate of drug-likeness (QED) is 0.617. The molecule has 1 amide bonds. The van der Waals surface area contributed by atoms with Crippen LogP contribution in [0.25, 0.3) is 16.6 Å². The van der Waals surface area contributed by atoms with Crippen molar-refractivity contribution < 1.29 is 4.79 Å². The second-order valence-electron chi connectivity index (χ2n) is 8.99. The van der Waals surface area contributed by atoms with Gasteiger partial charge in [0.15, 0.2) is 0 Å². The summed E-state index contributed by atoms with van der Waals surface area (Å²) in [5.41, 5.74) is 3.04. The maximum absolute atomic E-state index is 13.6. The molecule has 5 heteroatoms. The Morgan fingerprint density at radius 2 is 1.77 bits per heavy atom. The van der Waals surface area contributed by atoms with Crippen LogP contribution >= 0.6 is 0 Å². The van der Waals surface area contributed by atoms with E-state index in [4.69, 9.17) is 4.98 Å². The lowest BCUT2D eigenvalue weighted by molar-refractivity contribution is -0.140. The van der Waals surface area contributed by atoms with Crippen LogP contribution in [-0.2, 0) is 4.79 Å². The second kappa shape index (κ2) is 8.05. The lowest BCUT2D eigenvalue weighted by Crippen LogP contribution is -2.41. The minimum absolute atomic E-state index is 0.0170. The van der Waals surface area contributed by atoms with Crippen LogP contribution in [0.4, 0.5) is 0 Å². The minimum Gasteiger partial charge on any atom is -0.335 e. The summed E-state index contributed by atoms with van der Waals surface area (Å²) in [5.74, 6) is 0.605. The molecule has 0 saturated carbocycles. The first kappa shape index (κ1) is 21.8.